The predicted octanol–water partition coefficient (Wildman–Crippen LogP) is 3.94. The van der Waals surface area contributed by atoms with Gasteiger partial charge in [0.05, 0.1) is 10.0 Å². The predicted molar refractivity (Wildman–Crippen MR) is 70.3 cm³/mol. The van der Waals surface area contributed by atoms with Gasteiger partial charge < -0.3 is 5.32 Å². The zero-order chi connectivity index (χ0) is 11.3. The van der Waals surface area contributed by atoms with E-state index in [1.165, 1.54) is 4.90 Å². The molecule has 4 heteroatoms. The molecule has 15 heavy (non-hydrogen) atoms. The first-order chi connectivity index (χ1) is 7.13. The van der Waals surface area contributed by atoms with Gasteiger partial charge in [-0.3, -0.25) is 0 Å². The van der Waals surface area contributed by atoms with E-state index in [0.717, 1.165) is 12.3 Å². The highest BCUT2D eigenvalue weighted by atomic mass is 35.5. The summed E-state index contributed by atoms with van der Waals surface area (Å²) in [4.78, 5) is 1.17. The monoisotopic (exact) mass is 263 g/mol. The van der Waals surface area contributed by atoms with Crippen LogP contribution >= 0.6 is 35.0 Å². The Balaban J connectivity index is 2.47. The van der Waals surface area contributed by atoms with E-state index in [9.17, 15) is 0 Å². The molecule has 1 atom stereocenters. The Labute approximate surface area is 106 Å². The first-order valence-corrected chi connectivity index (χ1v) is 6.60. The summed E-state index contributed by atoms with van der Waals surface area (Å²) in [5, 5.41) is 4.41. The zero-order valence-corrected chi connectivity index (χ0v) is 11.2. The van der Waals surface area contributed by atoms with Crippen LogP contribution in [0.3, 0.4) is 0 Å². The molecule has 1 N–H and O–H groups in total. The van der Waals surface area contributed by atoms with E-state index in [1.54, 1.807) is 0 Å². The van der Waals surface area contributed by atoms with Gasteiger partial charge in [0.2, 0.25) is 0 Å². The fraction of sp³-hybridized carbons (Fsp3) is 0.455. The lowest BCUT2D eigenvalue weighted by Gasteiger charge is -2.10. The van der Waals surface area contributed by atoms with E-state index in [2.05, 4.69) is 12.2 Å². The van der Waals surface area contributed by atoms with Crippen LogP contribution < -0.4 is 5.32 Å². The number of halogens is 2. The molecule has 84 valence electrons. The second kappa shape index (κ2) is 6.64. The van der Waals surface area contributed by atoms with Gasteiger partial charge in [0.15, 0.2) is 0 Å². The van der Waals surface area contributed by atoms with Gasteiger partial charge in [-0.25, -0.2) is 0 Å². The van der Waals surface area contributed by atoms with Gasteiger partial charge in [-0.2, -0.15) is 0 Å². The molecule has 0 aliphatic heterocycles. The van der Waals surface area contributed by atoms with Crippen molar-refractivity contribution in [1.82, 2.24) is 5.32 Å². The van der Waals surface area contributed by atoms with Gasteiger partial charge in [0.25, 0.3) is 0 Å². The summed E-state index contributed by atoms with van der Waals surface area (Å²) in [7, 11) is 1.97. The summed E-state index contributed by atoms with van der Waals surface area (Å²) in [6.07, 6.45) is 0. The van der Waals surface area contributed by atoms with Crippen molar-refractivity contribution in [3.8, 4) is 0 Å². The molecule has 0 saturated heterocycles. The molecule has 1 aromatic rings. The average molecular weight is 264 g/mol. The first kappa shape index (κ1) is 13.2. The number of rotatable bonds is 5. The minimum absolute atomic E-state index is 0.615. The molecular formula is C11H15Cl2NS. The summed E-state index contributed by atoms with van der Waals surface area (Å²) in [6.45, 7) is 3.26. The van der Waals surface area contributed by atoms with Crippen LogP contribution in [-0.2, 0) is 0 Å². The molecule has 0 bridgehead atoms. The molecule has 1 rings (SSSR count). The lowest BCUT2D eigenvalue weighted by atomic mass is 10.2. The summed E-state index contributed by atoms with van der Waals surface area (Å²) >= 11 is 13.6. The van der Waals surface area contributed by atoms with Crippen LogP contribution in [0.25, 0.3) is 0 Å². The van der Waals surface area contributed by atoms with Gasteiger partial charge in [-0.05, 0) is 37.7 Å². The molecule has 0 amide bonds. The third-order valence-electron chi connectivity index (χ3n) is 1.98. The Morgan fingerprint density at radius 3 is 2.67 bits per heavy atom. The van der Waals surface area contributed by atoms with E-state index in [1.807, 2.05) is 37.0 Å². The molecule has 1 aromatic carbocycles. The Kier molecular flexibility index (Phi) is 5.83. The molecule has 1 nitrogen and oxygen atoms in total. The van der Waals surface area contributed by atoms with Gasteiger partial charge in [0.1, 0.15) is 0 Å². The van der Waals surface area contributed by atoms with Crippen LogP contribution in [0.15, 0.2) is 23.1 Å². The molecular weight excluding hydrogens is 249 g/mol. The maximum absolute atomic E-state index is 5.93. The molecule has 0 aromatic heterocycles. The Bertz CT molecular complexity index is 317. The standard InChI is InChI=1S/C11H15Cl2NS/c1-8(6-14-2)7-15-9-3-4-10(12)11(13)5-9/h3-5,8,14H,6-7H2,1-2H3. The normalized spacial score (nSPS) is 12.8. The fourth-order valence-corrected chi connectivity index (χ4v) is 2.54. The summed E-state index contributed by atoms with van der Waals surface area (Å²) in [5.74, 6) is 1.73. The lowest BCUT2D eigenvalue weighted by molar-refractivity contribution is 0.603. The Morgan fingerprint density at radius 1 is 1.33 bits per heavy atom. The van der Waals surface area contributed by atoms with Gasteiger partial charge in [-0.15, -0.1) is 11.8 Å². The third kappa shape index (κ3) is 4.64. The largest absolute Gasteiger partial charge is 0.319 e. The molecule has 0 aliphatic rings. The Hall–Kier alpha value is 0.110. The summed E-state index contributed by atoms with van der Waals surface area (Å²) < 4.78 is 0. The van der Waals surface area contributed by atoms with Gasteiger partial charge in [0, 0.05) is 10.6 Å². The highest BCUT2D eigenvalue weighted by Crippen LogP contribution is 2.28. The van der Waals surface area contributed by atoms with Crippen molar-refractivity contribution < 1.29 is 0 Å². The molecule has 0 heterocycles. The minimum Gasteiger partial charge on any atom is -0.319 e. The molecule has 0 aliphatic carbocycles. The summed E-state index contributed by atoms with van der Waals surface area (Å²) in [5.41, 5.74) is 0. The van der Waals surface area contributed by atoms with Crippen molar-refractivity contribution in [2.75, 3.05) is 19.3 Å². The molecule has 0 saturated carbocycles. The van der Waals surface area contributed by atoms with E-state index >= 15 is 0 Å². The van der Waals surface area contributed by atoms with E-state index in [0.29, 0.717) is 16.0 Å². The lowest BCUT2D eigenvalue weighted by Crippen LogP contribution is -2.17. The maximum atomic E-state index is 5.93. The van der Waals surface area contributed by atoms with Crippen LogP contribution in [-0.4, -0.2) is 19.3 Å². The smallest absolute Gasteiger partial charge is 0.0603 e. The first-order valence-electron chi connectivity index (χ1n) is 4.86. The number of hydrogen-bond acceptors (Lipinski definition) is 2. The zero-order valence-electron chi connectivity index (χ0n) is 8.89. The van der Waals surface area contributed by atoms with Crippen molar-refractivity contribution in [2.45, 2.75) is 11.8 Å². The van der Waals surface area contributed by atoms with E-state index in [-0.39, 0.29) is 0 Å². The van der Waals surface area contributed by atoms with E-state index < -0.39 is 0 Å². The van der Waals surface area contributed by atoms with Crippen molar-refractivity contribution in [2.24, 2.45) is 5.92 Å². The number of thioether (sulfide) groups is 1. The van der Waals surface area contributed by atoms with Crippen LogP contribution in [0.4, 0.5) is 0 Å². The third-order valence-corrected chi connectivity index (χ3v) is 4.04. The van der Waals surface area contributed by atoms with Crippen molar-refractivity contribution in [3.63, 3.8) is 0 Å². The average Bonchev–Trinajstić information content (AvgIpc) is 2.20. The van der Waals surface area contributed by atoms with E-state index in [4.69, 9.17) is 23.2 Å². The quantitative estimate of drug-likeness (QED) is 0.808. The molecule has 0 spiro atoms. The number of nitrogens with one attached hydrogen (secondary N) is 1. The van der Waals surface area contributed by atoms with Crippen LogP contribution in [0, 0.1) is 5.92 Å². The SMILES string of the molecule is CNCC(C)CSc1ccc(Cl)c(Cl)c1. The minimum atomic E-state index is 0.615. The Morgan fingerprint density at radius 2 is 2.07 bits per heavy atom. The topological polar surface area (TPSA) is 12.0 Å². The highest BCUT2D eigenvalue weighted by molar-refractivity contribution is 7.99. The highest BCUT2D eigenvalue weighted by Gasteiger charge is 2.03. The second-order valence-corrected chi connectivity index (χ2v) is 5.46. The number of hydrogen-bond donors (Lipinski definition) is 1. The maximum Gasteiger partial charge on any atom is 0.0603 e. The molecule has 0 fully saturated rings. The van der Waals surface area contributed by atoms with Gasteiger partial charge in [-0.1, -0.05) is 30.1 Å². The van der Waals surface area contributed by atoms with Crippen LogP contribution in [0.5, 0.6) is 0 Å². The summed E-state index contributed by atoms with van der Waals surface area (Å²) in [6, 6.07) is 5.76. The van der Waals surface area contributed by atoms with Crippen molar-refractivity contribution in [3.05, 3.63) is 28.2 Å². The second-order valence-electron chi connectivity index (χ2n) is 3.55. The van der Waals surface area contributed by atoms with Crippen LogP contribution in [0.1, 0.15) is 6.92 Å². The fourth-order valence-electron chi connectivity index (χ4n) is 1.21. The number of benzene rings is 1. The molecule has 1 unspecified atom stereocenters. The van der Waals surface area contributed by atoms with Gasteiger partial charge >= 0.3 is 0 Å². The molecule has 0 radical (unpaired) electrons. The van der Waals surface area contributed by atoms with Crippen molar-refractivity contribution in [1.29, 1.82) is 0 Å². The van der Waals surface area contributed by atoms with Crippen molar-refractivity contribution >= 4 is 35.0 Å². The van der Waals surface area contributed by atoms with Crippen LogP contribution in [0.2, 0.25) is 10.0 Å².